The number of fused-ring (bicyclic) bond motifs is 1. The van der Waals surface area contributed by atoms with Crippen molar-refractivity contribution in [2.24, 2.45) is 0 Å². The van der Waals surface area contributed by atoms with Crippen LogP contribution in [0.1, 0.15) is 15.9 Å². The van der Waals surface area contributed by atoms with Crippen molar-refractivity contribution in [1.29, 1.82) is 0 Å². The van der Waals surface area contributed by atoms with Gasteiger partial charge in [0.05, 0.1) is 0 Å². The Balaban J connectivity index is 2.00. The lowest BCUT2D eigenvalue weighted by Gasteiger charge is -2.28. The molecular formula is C15H12BrNO. The minimum Gasteiger partial charge on any atom is -0.308 e. The summed E-state index contributed by atoms with van der Waals surface area (Å²) in [5.41, 5.74) is 2.92. The van der Waals surface area contributed by atoms with Crippen LogP contribution in [0.25, 0.3) is 0 Å². The first-order chi connectivity index (χ1) is 8.75. The van der Waals surface area contributed by atoms with Gasteiger partial charge in [0.15, 0.2) is 0 Å². The van der Waals surface area contributed by atoms with Gasteiger partial charge in [-0.05, 0) is 36.2 Å². The van der Waals surface area contributed by atoms with Crippen LogP contribution in [-0.2, 0) is 6.42 Å². The zero-order valence-electron chi connectivity index (χ0n) is 9.77. The van der Waals surface area contributed by atoms with Crippen LogP contribution in [0, 0.1) is 0 Å². The highest BCUT2D eigenvalue weighted by Crippen LogP contribution is 2.26. The molecule has 2 aromatic rings. The van der Waals surface area contributed by atoms with Gasteiger partial charge >= 0.3 is 0 Å². The summed E-state index contributed by atoms with van der Waals surface area (Å²) in [7, 11) is 0. The van der Waals surface area contributed by atoms with Gasteiger partial charge in [0.2, 0.25) is 0 Å². The molecule has 2 aromatic carbocycles. The quantitative estimate of drug-likeness (QED) is 0.787. The Labute approximate surface area is 114 Å². The van der Waals surface area contributed by atoms with Gasteiger partial charge in [0, 0.05) is 22.3 Å². The van der Waals surface area contributed by atoms with Crippen LogP contribution in [0.4, 0.5) is 5.69 Å². The normalized spacial score (nSPS) is 14.5. The summed E-state index contributed by atoms with van der Waals surface area (Å²) in [6, 6.07) is 15.7. The first-order valence-corrected chi connectivity index (χ1v) is 6.70. The van der Waals surface area contributed by atoms with Crippen LogP contribution in [0.2, 0.25) is 0 Å². The SMILES string of the molecule is O=C1c2ccccc2CCN1c1cccc(Br)c1. The predicted molar refractivity (Wildman–Crippen MR) is 76.0 cm³/mol. The molecule has 0 radical (unpaired) electrons. The molecular weight excluding hydrogens is 290 g/mol. The zero-order valence-corrected chi connectivity index (χ0v) is 11.4. The predicted octanol–water partition coefficient (Wildman–Crippen LogP) is 3.65. The summed E-state index contributed by atoms with van der Waals surface area (Å²) in [6.07, 6.45) is 0.911. The molecule has 0 unspecified atom stereocenters. The second kappa shape index (κ2) is 4.58. The van der Waals surface area contributed by atoms with E-state index >= 15 is 0 Å². The van der Waals surface area contributed by atoms with Crippen molar-refractivity contribution < 1.29 is 4.79 Å². The number of hydrogen-bond acceptors (Lipinski definition) is 1. The number of nitrogens with zero attached hydrogens (tertiary/aromatic N) is 1. The third-order valence-corrected chi connectivity index (χ3v) is 3.71. The maximum absolute atomic E-state index is 12.4. The van der Waals surface area contributed by atoms with Crippen LogP contribution >= 0.6 is 15.9 Å². The summed E-state index contributed by atoms with van der Waals surface area (Å²) >= 11 is 3.44. The molecule has 1 aliphatic rings. The molecule has 18 heavy (non-hydrogen) atoms. The molecule has 0 aliphatic carbocycles. The molecule has 0 saturated carbocycles. The lowest BCUT2D eigenvalue weighted by molar-refractivity contribution is 0.0980. The van der Waals surface area contributed by atoms with Gasteiger partial charge in [-0.3, -0.25) is 4.79 Å². The lowest BCUT2D eigenvalue weighted by atomic mass is 9.99. The fourth-order valence-electron chi connectivity index (χ4n) is 2.32. The molecule has 1 heterocycles. The van der Waals surface area contributed by atoms with Gasteiger partial charge in [-0.2, -0.15) is 0 Å². The van der Waals surface area contributed by atoms with Crippen molar-refractivity contribution in [1.82, 2.24) is 0 Å². The first kappa shape index (κ1) is 11.5. The Kier molecular flexibility index (Phi) is 2.92. The van der Waals surface area contributed by atoms with Crippen LogP contribution in [0.3, 0.4) is 0 Å². The maximum Gasteiger partial charge on any atom is 0.258 e. The van der Waals surface area contributed by atoms with Gasteiger partial charge in [-0.25, -0.2) is 0 Å². The van der Waals surface area contributed by atoms with Crippen LogP contribution < -0.4 is 4.90 Å². The van der Waals surface area contributed by atoms with E-state index in [0.29, 0.717) is 0 Å². The van der Waals surface area contributed by atoms with Gasteiger partial charge in [0.1, 0.15) is 0 Å². The largest absolute Gasteiger partial charge is 0.308 e. The summed E-state index contributed by atoms with van der Waals surface area (Å²) in [6.45, 7) is 0.742. The van der Waals surface area contributed by atoms with Crippen LogP contribution in [-0.4, -0.2) is 12.5 Å². The number of hydrogen-bond donors (Lipinski definition) is 0. The summed E-state index contributed by atoms with van der Waals surface area (Å²) in [5, 5.41) is 0. The molecule has 0 spiro atoms. The molecule has 90 valence electrons. The Bertz CT molecular complexity index is 609. The minimum absolute atomic E-state index is 0.0925. The summed E-state index contributed by atoms with van der Waals surface area (Å²) in [5.74, 6) is 0.0925. The van der Waals surface area contributed by atoms with Crippen molar-refractivity contribution >= 4 is 27.5 Å². The molecule has 3 heteroatoms. The van der Waals surface area contributed by atoms with E-state index < -0.39 is 0 Å². The topological polar surface area (TPSA) is 20.3 Å². The zero-order chi connectivity index (χ0) is 12.5. The van der Waals surface area contributed by atoms with E-state index in [1.54, 1.807) is 0 Å². The van der Waals surface area contributed by atoms with Gasteiger partial charge in [0.25, 0.3) is 5.91 Å². The number of rotatable bonds is 1. The highest BCUT2D eigenvalue weighted by atomic mass is 79.9. The molecule has 0 N–H and O–H groups in total. The van der Waals surface area contributed by atoms with Crippen LogP contribution in [0.15, 0.2) is 53.0 Å². The number of carbonyl (C=O) groups is 1. The van der Waals surface area contributed by atoms with Crippen molar-refractivity contribution in [3.8, 4) is 0 Å². The average molecular weight is 302 g/mol. The standard InChI is InChI=1S/C15H12BrNO/c16-12-5-3-6-13(10-12)17-9-8-11-4-1-2-7-14(11)15(17)18/h1-7,10H,8-9H2. The van der Waals surface area contributed by atoms with Crippen LogP contribution in [0.5, 0.6) is 0 Å². The fraction of sp³-hybridized carbons (Fsp3) is 0.133. The second-order valence-electron chi connectivity index (χ2n) is 4.34. The molecule has 3 rings (SSSR count). The van der Waals surface area contributed by atoms with E-state index in [0.717, 1.165) is 34.3 Å². The molecule has 0 atom stereocenters. The smallest absolute Gasteiger partial charge is 0.258 e. The van der Waals surface area contributed by atoms with Gasteiger partial charge < -0.3 is 4.90 Å². The second-order valence-corrected chi connectivity index (χ2v) is 5.26. The molecule has 0 saturated heterocycles. The van der Waals surface area contributed by atoms with E-state index in [-0.39, 0.29) is 5.91 Å². The van der Waals surface area contributed by atoms with Crippen molar-refractivity contribution in [2.75, 3.05) is 11.4 Å². The molecule has 0 aromatic heterocycles. The van der Waals surface area contributed by atoms with E-state index in [1.807, 2.05) is 53.4 Å². The number of halogens is 1. The Morgan fingerprint density at radius 3 is 2.72 bits per heavy atom. The monoisotopic (exact) mass is 301 g/mol. The minimum atomic E-state index is 0.0925. The maximum atomic E-state index is 12.4. The molecule has 1 amide bonds. The van der Waals surface area contributed by atoms with Crippen molar-refractivity contribution in [2.45, 2.75) is 6.42 Å². The summed E-state index contributed by atoms with van der Waals surface area (Å²) in [4.78, 5) is 14.3. The lowest BCUT2D eigenvalue weighted by Crippen LogP contribution is -2.37. The van der Waals surface area contributed by atoms with Crippen molar-refractivity contribution in [3.63, 3.8) is 0 Å². The Morgan fingerprint density at radius 2 is 1.89 bits per heavy atom. The number of carbonyl (C=O) groups excluding carboxylic acids is 1. The fourth-order valence-corrected chi connectivity index (χ4v) is 2.70. The first-order valence-electron chi connectivity index (χ1n) is 5.91. The number of anilines is 1. The van der Waals surface area contributed by atoms with E-state index in [1.165, 1.54) is 0 Å². The Morgan fingerprint density at radius 1 is 1.06 bits per heavy atom. The number of benzene rings is 2. The Hall–Kier alpha value is -1.61. The van der Waals surface area contributed by atoms with Gasteiger partial charge in [-0.1, -0.05) is 40.2 Å². The molecule has 0 fully saturated rings. The van der Waals surface area contributed by atoms with E-state index in [4.69, 9.17) is 0 Å². The number of amides is 1. The third kappa shape index (κ3) is 1.95. The average Bonchev–Trinajstić information content (AvgIpc) is 2.39. The third-order valence-electron chi connectivity index (χ3n) is 3.22. The highest BCUT2D eigenvalue weighted by Gasteiger charge is 2.24. The molecule has 0 bridgehead atoms. The molecule has 2 nitrogen and oxygen atoms in total. The van der Waals surface area contributed by atoms with Gasteiger partial charge in [-0.15, -0.1) is 0 Å². The highest BCUT2D eigenvalue weighted by molar-refractivity contribution is 9.10. The van der Waals surface area contributed by atoms with E-state index in [2.05, 4.69) is 15.9 Å². The summed E-state index contributed by atoms with van der Waals surface area (Å²) < 4.78 is 0.992. The van der Waals surface area contributed by atoms with Crippen molar-refractivity contribution in [3.05, 3.63) is 64.1 Å². The molecule has 1 aliphatic heterocycles. The van der Waals surface area contributed by atoms with E-state index in [9.17, 15) is 4.79 Å².